The van der Waals surface area contributed by atoms with Crippen LogP contribution < -0.4 is 0 Å². The monoisotopic (exact) mass is 228 g/mol. The molecule has 0 saturated heterocycles. The number of alkyl halides is 1. The smallest absolute Gasteiger partial charge is 0.0889 e. The normalized spacial score (nSPS) is 13.0. The number of benzene rings is 1. The molecular formula is C10H13BrO. The summed E-state index contributed by atoms with van der Waals surface area (Å²) < 4.78 is 0. The van der Waals surface area contributed by atoms with E-state index in [0.29, 0.717) is 5.33 Å². The van der Waals surface area contributed by atoms with Gasteiger partial charge in [0, 0.05) is 5.33 Å². The van der Waals surface area contributed by atoms with Crippen LogP contribution in [0.2, 0.25) is 0 Å². The number of hydrogen-bond acceptors (Lipinski definition) is 1. The molecule has 0 aliphatic rings. The van der Waals surface area contributed by atoms with Gasteiger partial charge in [-0.3, -0.25) is 0 Å². The molecule has 0 aliphatic heterocycles. The number of hydrogen-bond donors (Lipinski definition) is 1. The maximum atomic E-state index is 9.59. The fraction of sp³-hybridized carbons (Fsp3) is 0.400. The maximum Gasteiger partial charge on any atom is 0.0889 e. The molecule has 0 aliphatic carbocycles. The summed E-state index contributed by atoms with van der Waals surface area (Å²) >= 11 is 3.26. The van der Waals surface area contributed by atoms with E-state index in [2.05, 4.69) is 22.0 Å². The Labute approximate surface area is 81.6 Å². The van der Waals surface area contributed by atoms with Crippen molar-refractivity contribution in [3.63, 3.8) is 0 Å². The Morgan fingerprint density at radius 3 is 2.67 bits per heavy atom. The van der Waals surface area contributed by atoms with E-state index in [1.807, 2.05) is 26.0 Å². The van der Waals surface area contributed by atoms with Crippen LogP contribution in [-0.2, 0) is 0 Å². The highest BCUT2D eigenvalue weighted by Crippen LogP contribution is 2.20. The predicted molar refractivity (Wildman–Crippen MR) is 54.7 cm³/mol. The first kappa shape index (κ1) is 9.75. The number of aryl methyl sites for hydroxylation is 2. The van der Waals surface area contributed by atoms with Gasteiger partial charge in [-0.05, 0) is 25.0 Å². The lowest BCUT2D eigenvalue weighted by molar-refractivity contribution is 0.204. The zero-order chi connectivity index (χ0) is 9.14. The third kappa shape index (κ3) is 2.08. The summed E-state index contributed by atoms with van der Waals surface area (Å²) in [5.74, 6) is 0. The molecule has 1 aromatic carbocycles. The molecule has 2 heteroatoms. The second-order valence-electron chi connectivity index (χ2n) is 3.03. The van der Waals surface area contributed by atoms with Gasteiger partial charge in [0.2, 0.25) is 0 Å². The predicted octanol–water partition coefficient (Wildman–Crippen LogP) is 2.73. The van der Waals surface area contributed by atoms with Crippen molar-refractivity contribution in [2.45, 2.75) is 20.0 Å². The quantitative estimate of drug-likeness (QED) is 0.773. The molecule has 0 spiro atoms. The molecule has 0 bridgehead atoms. The van der Waals surface area contributed by atoms with Crippen LogP contribution in [0.4, 0.5) is 0 Å². The van der Waals surface area contributed by atoms with Gasteiger partial charge in [-0.25, -0.2) is 0 Å². The van der Waals surface area contributed by atoms with Crippen molar-refractivity contribution in [1.29, 1.82) is 0 Å². The van der Waals surface area contributed by atoms with Crippen LogP contribution in [0.5, 0.6) is 0 Å². The number of rotatable bonds is 2. The van der Waals surface area contributed by atoms with Crippen molar-refractivity contribution in [3.05, 3.63) is 34.9 Å². The fourth-order valence-corrected chi connectivity index (χ4v) is 1.55. The average molecular weight is 229 g/mol. The third-order valence-electron chi connectivity index (χ3n) is 1.94. The number of halogens is 1. The highest BCUT2D eigenvalue weighted by Gasteiger charge is 2.07. The number of aliphatic hydroxyl groups is 1. The minimum absolute atomic E-state index is 0.384. The standard InChI is InChI=1S/C10H13BrO/c1-7-3-4-8(2)9(5-7)10(12)6-11/h3-5,10,12H,6H2,1-2H3/t10-/m1/s1. The van der Waals surface area contributed by atoms with E-state index in [1.54, 1.807) is 0 Å². The van der Waals surface area contributed by atoms with Crippen LogP contribution >= 0.6 is 15.9 Å². The van der Waals surface area contributed by atoms with Crippen molar-refractivity contribution in [1.82, 2.24) is 0 Å². The third-order valence-corrected chi connectivity index (χ3v) is 2.55. The lowest BCUT2D eigenvalue weighted by Gasteiger charge is -2.11. The molecule has 0 fully saturated rings. The van der Waals surface area contributed by atoms with Crippen LogP contribution in [-0.4, -0.2) is 10.4 Å². The molecule has 0 heterocycles. The topological polar surface area (TPSA) is 20.2 Å². The SMILES string of the molecule is Cc1ccc(C)c([C@H](O)CBr)c1. The Hall–Kier alpha value is -0.340. The summed E-state index contributed by atoms with van der Waals surface area (Å²) in [6, 6.07) is 6.12. The lowest BCUT2D eigenvalue weighted by atomic mass is 10.0. The Kier molecular flexibility index (Phi) is 3.29. The van der Waals surface area contributed by atoms with Gasteiger partial charge in [0.05, 0.1) is 6.10 Å². The molecule has 1 nitrogen and oxygen atoms in total. The van der Waals surface area contributed by atoms with Crippen molar-refractivity contribution in [3.8, 4) is 0 Å². The molecule has 1 N–H and O–H groups in total. The molecule has 0 saturated carbocycles. The Morgan fingerprint density at radius 1 is 1.42 bits per heavy atom. The van der Waals surface area contributed by atoms with Gasteiger partial charge in [0.15, 0.2) is 0 Å². The first-order chi connectivity index (χ1) is 5.65. The molecule has 1 aromatic rings. The van der Waals surface area contributed by atoms with Gasteiger partial charge < -0.3 is 5.11 Å². The van der Waals surface area contributed by atoms with Gasteiger partial charge in [-0.2, -0.15) is 0 Å². The maximum absolute atomic E-state index is 9.59. The van der Waals surface area contributed by atoms with Gasteiger partial charge in [0.1, 0.15) is 0 Å². The van der Waals surface area contributed by atoms with Crippen LogP contribution in [0.1, 0.15) is 22.8 Å². The minimum atomic E-state index is -0.384. The second-order valence-corrected chi connectivity index (χ2v) is 3.68. The van der Waals surface area contributed by atoms with Gasteiger partial charge in [0.25, 0.3) is 0 Å². The Bertz CT molecular complexity index is 271. The van der Waals surface area contributed by atoms with Crippen LogP contribution in [0.3, 0.4) is 0 Å². The second kappa shape index (κ2) is 4.06. The Morgan fingerprint density at radius 2 is 2.08 bits per heavy atom. The van der Waals surface area contributed by atoms with E-state index >= 15 is 0 Å². The first-order valence-corrected chi connectivity index (χ1v) is 5.08. The minimum Gasteiger partial charge on any atom is -0.388 e. The molecule has 0 unspecified atom stereocenters. The highest BCUT2D eigenvalue weighted by molar-refractivity contribution is 9.09. The average Bonchev–Trinajstić information content (AvgIpc) is 2.08. The molecule has 0 aromatic heterocycles. The summed E-state index contributed by atoms with van der Waals surface area (Å²) in [7, 11) is 0. The molecule has 1 rings (SSSR count). The summed E-state index contributed by atoms with van der Waals surface area (Å²) in [5.41, 5.74) is 3.36. The van der Waals surface area contributed by atoms with E-state index in [1.165, 1.54) is 5.56 Å². The molecule has 0 amide bonds. The van der Waals surface area contributed by atoms with E-state index in [9.17, 15) is 5.11 Å². The number of aliphatic hydroxyl groups excluding tert-OH is 1. The molecule has 1 atom stereocenters. The fourth-order valence-electron chi connectivity index (χ4n) is 1.20. The zero-order valence-corrected chi connectivity index (χ0v) is 8.93. The molecule has 0 radical (unpaired) electrons. The van der Waals surface area contributed by atoms with E-state index in [-0.39, 0.29) is 6.10 Å². The van der Waals surface area contributed by atoms with Crippen LogP contribution in [0, 0.1) is 13.8 Å². The summed E-state index contributed by atoms with van der Waals surface area (Å²) in [5, 5.41) is 10.2. The summed E-state index contributed by atoms with van der Waals surface area (Å²) in [4.78, 5) is 0. The van der Waals surface area contributed by atoms with Crippen molar-refractivity contribution < 1.29 is 5.11 Å². The molecule has 12 heavy (non-hydrogen) atoms. The first-order valence-electron chi connectivity index (χ1n) is 3.96. The zero-order valence-electron chi connectivity index (χ0n) is 7.34. The van der Waals surface area contributed by atoms with E-state index < -0.39 is 0 Å². The van der Waals surface area contributed by atoms with Crippen molar-refractivity contribution in [2.24, 2.45) is 0 Å². The summed E-state index contributed by atoms with van der Waals surface area (Å²) in [6.07, 6.45) is -0.384. The van der Waals surface area contributed by atoms with Crippen molar-refractivity contribution >= 4 is 15.9 Å². The summed E-state index contributed by atoms with van der Waals surface area (Å²) in [6.45, 7) is 4.05. The van der Waals surface area contributed by atoms with Gasteiger partial charge in [-0.1, -0.05) is 39.7 Å². The van der Waals surface area contributed by atoms with Gasteiger partial charge >= 0.3 is 0 Å². The van der Waals surface area contributed by atoms with Crippen molar-refractivity contribution in [2.75, 3.05) is 5.33 Å². The van der Waals surface area contributed by atoms with Crippen LogP contribution in [0.15, 0.2) is 18.2 Å². The van der Waals surface area contributed by atoms with E-state index in [0.717, 1.165) is 11.1 Å². The van der Waals surface area contributed by atoms with Gasteiger partial charge in [-0.15, -0.1) is 0 Å². The Balaban J connectivity index is 3.04. The lowest BCUT2D eigenvalue weighted by Crippen LogP contribution is -2.01. The largest absolute Gasteiger partial charge is 0.388 e. The molecular weight excluding hydrogens is 216 g/mol. The highest BCUT2D eigenvalue weighted by atomic mass is 79.9. The van der Waals surface area contributed by atoms with Crippen LogP contribution in [0.25, 0.3) is 0 Å². The molecule has 66 valence electrons. The van der Waals surface area contributed by atoms with E-state index in [4.69, 9.17) is 0 Å².